The minimum Gasteiger partial charge on any atom is -0.496 e. The fraction of sp³-hybridized carbons (Fsp3) is 0.417. The molecule has 0 aliphatic heterocycles. The minimum atomic E-state index is 0.152. The first-order chi connectivity index (χ1) is 8.13. The Hall–Kier alpha value is -1.36. The van der Waals surface area contributed by atoms with Crippen molar-refractivity contribution in [3.05, 3.63) is 24.3 Å². The van der Waals surface area contributed by atoms with Crippen molar-refractivity contribution >= 4 is 17.7 Å². The van der Waals surface area contributed by atoms with Crippen LogP contribution < -0.4 is 16.2 Å². The average Bonchev–Trinajstić information content (AvgIpc) is 2.34. The maximum Gasteiger partial charge on any atom is 0.185 e. The van der Waals surface area contributed by atoms with Crippen molar-refractivity contribution in [3.63, 3.8) is 0 Å². The molecule has 1 unspecified atom stereocenters. The summed E-state index contributed by atoms with van der Waals surface area (Å²) in [7, 11) is 1.68. The number of nitrogens with zero attached hydrogens (tertiary/aromatic N) is 1. The molecule has 17 heavy (non-hydrogen) atoms. The van der Waals surface area contributed by atoms with Crippen LogP contribution in [0.3, 0.4) is 0 Å². The number of benzene rings is 1. The van der Waals surface area contributed by atoms with Gasteiger partial charge in [0.1, 0.15) is 5.75 Å². The summed E-state index contributed by atoms with van der Waals surface area (Å²) in [6.07, 6.45) is 0. The Bertz CT molecular complexity index is 378. The first kappa shape index (κ1) is 13.7. The lowest BCUT2D eigenvalue weighted by Crippen LogP contribution is -2.24. The third kappa shape index (κ3) is 4.99. The monoisotopic (exact) mass is 253 g/mol. The smallest absolute Gasteiger partial charge is 0.185 e. The van der Waals surface area contributed by atoms with Crippen LogP contribution >= 0.6 is 11.8 Å². The van der Waals surface area contributed by atoms with Crippen LogP contribution in [0.25, 0.3) is 0 Å². The quantitative estimate of drug-likeness (QED) is 0.460. The summed E-state index contributed by atoms with van der Waals surface area (Å²) in [5.74, 6) is 2.44. The largest absolute Gasteiger partial charge is 0.496 e. The van der Waals surface area contributed by atoms with Crippen LogP contribution in [0.15, 0.2) is 34.2 Å². The molecule has 1 rings (SSSR count). The first-order valence-electron chi connectivity index (χ1n) is 5.44. The maximum absolute atomic E-state index is 5.29. The molecule has 4 nitrogen and oxygen atoms in total. The molecule has 0 bridgehead atoms. The molecule has 1 aromatic carbocycles. The van der Waals surface area contributed by atoms with Crippen LogP contribution in [0, 0.1) is 5.92 Å². The van der Waals surface area contributed by atoms with E-state index in [0.29, 0.717) is 12.5 Å². The Morgan fingerprint density at radius 2 is 2.12 bits per heavy atom. The summed E-state index contributed by atoms with van der Waals surface area (Å²) in [5.41, 5.74) is 10.6. The topological polar surface area (TPSA) is 73.6 Å². The van der Waals surface area contributed by atoms with Gasteiger partial charge in [0.05, 0.1) is 7.11 Å². The molecule has 4 N–H and O–H groups in total. The van der Waals surface area contributed by atoms with Gasteiger partial charge < -0.3 is 16.2 Å². The van der Waals surface area contributed by atoms with Gasteiger partial charge in [-0.05, 0) is 18.1 Å². The van der Waals surface area contributed by atoms with Gasteiger partial charge in [0, 0.05) is 17.2 Å². The number of guanidine groups is 1. The van der Waals surface area contributed by atoms with Crippen LogP contribution in [-0.2, 0) is 0 Å². The van der Waals surface area contributed by atoms with E-state index in [1.807, 2.05) is 18.2 Å². The van der Waals surface area contributed by atoms with Crippen LogP contribution in [0.4, 0.5) is 0 Å². The summed E-state index contributed by atoms with van der Waals surface area (Å²) < 4.78 is 5.29. The second-order valence-electron chi connectivity index (χ2n) is 3.83. The van der Waals surface area contributed by atoms with Gasteiger partial charge in [0.25, 0.3) is 0 Å². The number of para-hydroxylation sites is 1. The number of rotatable bonds is 6. The summed E-state index contributed by atoms with van der Waals surface area (Å²) >= 11 is 1.76. The highest BCUT2D eigenvalue weighted by Crippen LogP contribution is 2.29. The van der Waals surface area contributed by atoms with Crippen molar-refractivity contribution in [2.75, 3.05) is 19.4 Å². The summed E-state index contributed by atoms with van der Waals surface area (Å²) in [5, 5.41) is 0. The van der Waals surface area contributed by atoms with Crippen LogP contribution in [0.5, 0.6) is 5.75 Å². The van der Waals surface area contributed by atoms with E-state index >= 15 is 0 Å². The van der Waals surface area contributed by atoms with Crippen LogP contribution in [0.1, 0.15) is 6.92 Å². The number of ether oxygens (including phenoxy) is 1. The normalized spacial score (nSPS) is 11.9. The van der Waals surface area contributed by atoms with Gasteiger partial charge in [-0.15, -0.1) is 11.8 Å². The third-order valence-corrected chi connectivity index (χ3v) is 3.56. The molecule has 1 aromatic rings. The molecule has 0 saturated carbocycles. The van der Waals surface area contributed by atoms with E-state index < -0.39 is 0 Å². The summed E-state index contributed by atoms with van der Waals surface area (Å²) in [6.45, 7) is 2.78. The molecule has 5 heteroatoms. The molecule has 0 aliphatic carbocycles. The molecular weight excluding hydrogens is 234 g/mol. The molecule has 0 amide bonds. The van der Waals surface area contributed by atoms with Gasteiger partial charge in [-0.25, -0.2) is 0 Å². The molecule has 94 valence electrons. The number of nitrogens with two attached hydrogens (primary N) is 2. The molecule has 1 atom stereocenters. The van der Waals surface area contributed by atoms with Crippen molar-refractivity contribution < 1.29 is 4.74 Å². The van der Waals surface area contributed by atoms with Crippen molar-refractivity contribution in [2.24, 2.45) is 22.4 Å². The Morgan fingerprint density at radius 3 is 2.76 bits per heavy atom. The fourth-order valence-corrected chi connectivity index (χ4v) is 2.32. The number of hydrogen-bond acceptors (Lipinski definition) is 3. The second kappa shape index (κ2) is 7.06. The second-order valence-corrected chi connectivity index (χ2v) is 4.89. The standard InChI is InChI=1S/C12H19N3OS/c1-9(7-15-12(13)14)8-17-11-6-4-3-5-10(11)16-2/h3-6,9H,7-8H2,1-2H3,(H4,13,14,15). The van der Waals surface area contributed by atoms with Gasteiger partial charge in [-0.2, -0.15) is 0 Å². The lowest BCUT2D eigenvalue weighted by atomic mass is 10.2. The molecular formula is C12H19N3OS. The Balaban J connectivity index is 2.47. The first-order valence-corrected chi connectivity index (χ1v) is 6.43. The van der Waals surface area contributed by atoms with Gasteiger partial charge >= 0.3 is 0 Å². The van der Waals surface area contributed by atoms with Crippen molar-refractivity contribution in [3.8, 4) is 5.75 Å². The zero-order chi connectivity index (χ0) is 12.7. The highest BCUT2D eigenvalue weighted by molar-refractivity contribution is 7.99. The van der Waals surface area contributed by atoms with Gasteiger partial charge in [-0.1, -0.05) is 19.1 Å². The molecule has 0 spiro atoms. The highest BCUT2D eigenvalue weighted by atomic mass is 32.2. The van der Waals surface area contributed by atoms with Gasteiger partial charge in [0.15, 0.2) is 5.96 Å². The SMILES string of the molecule is COc1ccccc1SCC(C)CN=C(N)N. The predicted molar refractivity (Wildman–Crippen MR) is 73.6 cm³/mol. The van der Waals surface area contributed by atoms with E-state index in [4.69, 9.17) is 16.2 Å². The van der Waals surface area contributed by atoms with Gasteiger partial charge in [-0.3, -0.25) is 4.99 Å². The van der Waals surface area contributed by atoms with Crippen molar-refractivity contribution in [1.29, 1.82) is 0 Å². The van der Waals surface area contributed by atoms with Crippen molar-refractivity contribution in [1.82, 2.24) is 0 Å². The van der Waals surface area contributed by atoms with Crippen LogP contribution in [0.2, 0.25) is 0 Å². The summed E-state index contributed by atoms with van der Waals surface area (Å²) in [4.78, 5) is 5.15. The minimum absolute atomic E-state index is 0.152. The zero-order valence-corrected chi connectivity index (χ0v) is 11.0. The van der Waals surface area contributed by atoms with E-state index in [9.17, 15) is 0 Å². The van der Waals surface area contributed by atoms with E-state index in [0.717, 1.165) is 16.4 Å². The number of hydrogen-bond donors (Lipinski definition) is 2. The zero-order valence-electron chi connectivity index (χ0n) is 10.2. The van der Waals surface area contributed by atoms with Crippen LogP contribution in [-0.4, -0.2) is 25.4 Å². The van der Waals surface area contributed by atoms with E-state index in [1.54, 1.807) is 18.9 Å². The molecule has 0 aromatic heterocycles. The Kier molecular flexibility index (Phi) is 5.69. The molecule has 0 heterocycles. The molecule has 0 saturated heterocycles. The molecule has 0 aliphatic rings. The number of thioether (sulfide) groups is 1. The van der Waals surface area contributed by atoms with E-state index in [2.05, 4.69) is 18.0 Å². The fourth-order valence-electron chi connectivity index (χ4n) is 1.28. The van der Waals surface area contributed by atoms with Gasteiger partial charge in [0.2, 0.25) is 0 Å². The maximum atomic E-state index is 5.29. The van der Waals surface area contributed by atoms with Crippen molar-refractivity contribution in [2.45, 2.75) is 11.8 Å². The molecule has 0 fully saturated rings. The third-order valence-electron chi connectivity index (χ3n) is 2.18. The lowest BCUT2D eigenvalue weighted by molar-refractivity contribution is 0.405. The van der Waals surface area contributed by atoms with E-state index in [-0.39, 0.29) is 5.96 Å². The number of methoxy groups -OCH3 is 1. The predicted octanol–water partition coefficient (Wildman–Crippen LogP) is 1.70. The Labute approximate surface area is 106 Å². The Morgan fingerprint density at radius 1 is 1.41 bits per heavy atom. The molecule has 0 radical (unpaired) electrons. The van der Waals surface area contributed by atoms with E-state index in [1.165, 1.54) is 0 Å². The number of aliphatic imine (C=N–C) groups is 1. The average molecular weight is 253 g/mol. The lowest BCUT2D eigenvalue weighted by Gasteiger charge is -2.10. The summed E-state index contributed by atoms with van der Waals surface area (Å²) in [6, 6.07) is 7.98. The highest BCUT2D eigenvalue weighted by Gasteiger charge is 2.06.